The van der Waals surface area contributed by atoms with Crippen LogP contribution >= 0.6 is 0 Å². The standard InChI is InChI=1S/C14H20N2O/c1-4-12(2)16(9-10-17-3)14-8-6-5-7-13(14)11-15/h5-8,12H,4,9-10H2,1-3H3. The Balaban J connectivity index is 2.99. The molecule has 1 unspecified atom stereocenters. The molecule has 0 saturated heterocycles. The highest BCUT2D eigenvalue weighted by Gasteiger charge is 2.15. The van der Waals surface area contributed by atoms with Gasteiger partial charge in [-0.15, -0.1) is 0 Å². The van der Waals surface area contributed by atoms with Gasteiger partial charge in [-0.3, -0.25) is 0 Å². The Bertz CT molecular complexity index is 384. The molecule has 0 amide bonds. The maximum absolute atomic E-state index is 9.14. The van der Waals surface area contributed by atoms with E-state index < -0.39 is 0 Å². The van der Waals surface area contributed by atoms with Gasteiger partial charge in [-0.25, -0.2) is 0 Å². The number of nitriles is 1. The molecule has 0 aliphatic carbocycles. The second-order valence-electron chi connectivity index (χ2n) is 4.07. The SMILES string of the molecule is CCC(C)N(CCOC)c1ccccc1C#N. The van der Waals surface area contributed by atoms with Gasteiger partial charge in [0.15, 0.2) is 0 Å². The summed E-state index contributed by atoms with van der Waals surface area (Å²) in [7, 11) is 1.70. The number of hydrogen-bond acceptors (Lipinski definition) is 3. The van der Waals surface area contributed by atoms with Crippen LogP contribution in [0.25, 0.3) is 0 Å². The molecule has 0 aromatic heterocycles. The van der Waals surface area contributed by atoms with E-state index in [9.17, 15) is 0 Å². The number of ether oxygens (including phenoxy) is 1. The molecule has 0 saturated carbocycles. The first-order valence-electron chi connectivity index (χ1n) is 5.99. The van der Waals surface area contributed by atoms with E-state index in [4.69, 9.17) is 10.00 Å². The van der Waals surface area contributed by atoms with Gasteiger partial charge in [-0.2, -0.15) is 5.26 Å². The number of methoxy groups -OCH3 is 1. The van der Waals surface area contributed by atoms with Crippen LogP contribution in [0, 0.1) is 11.3 Å². The molecular weight excluding hydrogens is 212 g/mol. The first-order valence-corrected chi connectivity index (χ1v) is 5.99. The van der Waals surface area contributed by atoms with E-state index in [-0.39, 0.29) is 0 Å². The predicted molar refractivity (Wildman–Crippen MR) is 70.1 cm³/mol. The third-order valence-corrected chi connectivity index (χ3v) is 2.99. The van der Waals surface area contributed by atoms with Gasteiger partial charge < -0.3 is 9.64 Å². The van der Waals surface area contributed by atoms with E-state index in [0.717, 1.165) is 24.2 Å². The summed E-state index contributed by atoms with van der Waals surface area (Å²) in [5.74, 6) is 0. The van der Waals surface area contributed by atoms with Crippen LogP contribution in [0.4, 0.5) is 5.69 Å². The lowest BCUT2D eigenvalue weighted by molar-refractivity contribution is 0.203. The molecule has 1 aromatic rings. The van der Waals surface area contributed by atoms with Crippen LogP contribution in [0.5, 0.6) is 0 Å². The number of rotatable bonds is 6. The number of para-hydroxylation sites is 1. The number of anilines is 1. The molecule has 0 N–H and O–H groups in total. The quantitative estimate of drug-likeness (QED) is 0.756. The molecule has 1 atom stereocenters. The van der Waals surface area contributed by atoms with Crippen molar-refractivity contribution in [2.24, 2.45) is 0 Å². The van der Waals surface area contributed by atoms with E-state index >= 15 is 0 Å². The molecule has 0 radical (unpaired) electrons. The molecule has 1 rings (SSSR count). The molecule has 0 aliphatic heterocycles. The summed E-state index contributed by atoms with van der Waals surface area (Å²) >= 11 is 0. The molecular formula is C14H20N2O. The fraction of sp³-hybridized carbons (Fsp3) is 0.500. The summed E-state index contributed by atoms with van der Waals surface area (Å²) in [6.07, 6.45) is 1.05. The van der Waals surface area contributed by atoms with Crippen molar-refractivity contribution in [1.82, 2.24) is 0 Å². The minimum atomic E-state index is 0.402. The maximum atomic E-state index is 9.14. The highest BCUT2D eigenvalue weighted by Crippen LogP contribution is 2.22. The zero-order valence-corrected chi connectivity index (χ0v) is 10.8. The summed E-state index contributed by atoms with van der Waals surface area (Å²) in [5, 5.41) is 9.14. The first-order chi connectivity index (χ1) is 8.24. The van der Waals surface area contributed by atoms with Gasteiger partial charge in [-0.05, 0) is 25.5 Å². The highest BCUT2D eigenvalue weighted by molar-refractivity contribution is 5.59. The molecule has 17 heavy (non-hydrogen) atoms. The Morgan fingerprint density at radius 3 is 2.71 bits per heavy atom. The van der Waals surface area contributed by atoms with Crippen molar-refractivity contribution in [2.75, 3.05) is 25.2 Å². The summed E-state index contributed by atoms with van der Waals surface area (Å²) in [4.78, 5) is 2.24. The molecule has 3 heteroatoms. The topological polar surface area (TPSA) is 36.3 Å². The zero-order chi connectivity index (χ0) is 12.7. The molecule has 0 fully saturated rings. The van der Waals surface area contributed by atoms with Gasteiger partial charge in [0, 0.05) is 19.7 Å². The van der Waals surface area contributed by atoms with Crippen LogP contribution in [-0.2, 0) is 4.74 Å². The molecule has 92 valence electrons. The predicted octanol–water partition coefficient (Wildman–Crippen LogP) is 2.81. The Labute approximate surface area is 104 Å². The van der Waals surface area contributed by atoms with Crippen molar-refractivity contribution < 1.29 is 4.74 Å². The molecule has 3 nitrogen and oxygen atoms in total. The Morgan fingerprint density at radius 1 is 1.41 bits per heavy atom. The van der Waals surface area contributed by atoms with Crippen molar-refractivity contribution in [1.29, 1.82) is 5.26 Å². The van der Waals surface area contributed by atoms with Crippen LogP contribution in [-0.4, -0.2) is 26.3 Å². The van der Waals surface area contributed by atoms with Gasteiger partial charge in [0.05, 0.1) is 17.9 Å². The van der Waals surface area contributed by atoms with E-state index in [2.05, 4.69) is 24.8 Å². The van der Waals surface area contributed by atoms with E-state index in [1.54, 1.807) is 7.11 Å². The van der Waals surface area contributed by atoms with Gasteiger partial charge in [0.25, 0.3) is 0 Å². The van der Waals surface area contributed by atoms with E-state index in [1.807, 2.05) is 24.3 Å². The molecule has 1 aromatic carbocycles. The number of benzene rings is 1. The maximum Gasteiger partial charge on any atom is 0.101 e. The fourth-order valence-electron chi connectivity index (χ4n) is 1.81. The highest BCUT2D eigenvalue weighted by atomic mass is 16.5. The van der Waals surface area contributed by atoms with Crippen molar-refractivity contribution in [3.8, 4) is 6.07 Å². The summed E-state index contributed by atoms with van der Waals surface area (Å²) < 4.78 is 5.14. The fourth-order valence-corrected chi connectivity index (χ4v) is 1.81. The van der Waals surface area contributed by atoms with Gasteiger partial charge in [-0.1, -0.05) is 19.1 Å². The van der Waals surface area contributed by atoms with Gasteiger partial charge >= 0.3 is 0 Å². The first kappa shape index (κ1) is 13.5. The van der Waals surface area contributed by atoms with Gasteiger partial charge in [0.1, 0.15) is 6.07 Å². The smallest absolute Gasteiger partial charge is 0.101 e. The Kier molecular flexibility index (Phi) is 5.51. The second kappa shape index (κ2) is 6.93. The van der Waals surface area contributed by atoms with Crippen LogP contribution in [0.2, 0.25) is 0 Å². The molecule has 0 heterocycles. The zero-order valence-electron chi connectivity index (χ0n) is 10.8. The van der Waals surface area contributed by atoms with Crippen LogP contribution in [0.3, 0.4) is 0 Å². The third kappa shape index (κ3) is 3.47. The van der Waals surface area contributed by atoms with Crippen molar-refractivity contribution >= 4 is 5.69 Å². The van der Waals surface area contributed by atoms with Crippen LogP contribution in [0.1, 0.15) is 25.8 Å². The average molecular weight is 232 g/mol. The largest absolute Gasteiger partial charge is 0.383 e. The molecule has 0 aliphatic rings. The lowest BCUT2D eigenvalue weighted by Crippen LogP contribution is -2.35. The van der Waals surface area contributed by atoms with Crippen molar-refractivity contribution in [3.05, 3.63) is 29.8 Å². The normalized spacial score (nSPS) is 11.9. The van der Waals surface area contributed by atoms with Crippen molar-refractivity contribution in [3.63, 3.8) is 0 Å². The molecule has 0 bridgehead atoms. The Morgan fingerprint density at radius 2 is 2.12 bits per heavy atom. The second-order valence-corrected chi connectivity index (χ2v) is 4.07. The van der Waals surface area contributed by atoms with Crippen LogP contribution < -0.4 is 4.90 Å². The lowest BCUT2D eigenvalue weighted by atomic mass is 10.1. The summed E-state index contributed by atoms with van der Waals surface area (Å²) in [5.41, 5.74) is 1.73. The average Bonchev–Trinajstić information content (AvgIpc) is 2.39. The minimum Gasteiger partial charge on any atom is -0.383 e. The van der Waals surface area contributed by atoms with E-state index in [1.165, 1.54) is 0 Å². The molecule has 0 spiro atoms. The minimum absolute atomic E-state index is 0.402. The number of hydrogen-bond donors (Lipinski definition) is 0. The Hall–Kier alpha value is -1.53. The van der Waals surface area contributed by atoms with Crippen LogP contribution in [0.15, 0.2) is 24.3 Å². The summed E-state index contributed by atoms with van der Waals surface area (Å²) in [6, 6.07) is 10.4. The monoisotopic (exact) mass is 232 g/mol. The van der Waals surface area contributed by atoms with Gasteiger partial charge in [0.2, 0.25) is 0 Å². The van der Waals surface area contributed by atoms with Crippen molar-refractivity contribution in [2.45, 2.75) is 26.3 Å². The summed E-state index contributed by atoms with van der Waals surface area (Å²) in [6.45, 7) is 5.80. The van der Waals surface area contributed by atoms with E-state index in [0.29, 0.717) is 12.6 Å². The third-order valence-electron chi connectivity index (χ3n) is 2.99. The lowest BCUT2D eigenvalue weighted by Gasteiger charge is -2.31. The number of nitrogens with zero attached hydrogens (tertiary/aromatic N) is 2.